The normalized spacial score (nSPS) is 20.6. The number of halogens is 1. The molecule has 1 aliphatic carbocycles. The van der Waals surface area contributed by atoms with Gasteiger partial charge in [0, 0.05) is 24.0 Å². The third-order valence-electron chi connectivity index (χ3n) is 5.34. The molecule has 0 heterocycles. The van der Waals surface area contributed by atoms with Gasteiger partial charge in [-0.3, -0.25) is 9.59 Å². The fourth-order valence-corrected chi connectivity index (χ4v) is 4.65. The molecule has 0 saturated heterocycles. The van der Waals surface area contributed by atoms with E-state index in [9.17, 15) is 18.0 Å². The van der Waals surface area contributed by atoms with Gasteiger partial charge in [-0.15, -0.1) is 0 Å². The van der Waals surface area contributed by atoms with Crippen molar-refractivity contribution in [3.05, 3.63) is 29.3 Å². The zero-order chi connectivity index (χ0) is 22.3. The molecule has 1 aromatic carbocycles. The number of carbonyl (C=O) groups is 2. The fraction of sp³-hybridized carbons (Fsp3) is 0.619. The first-order valence-electron chi connectivity index (χ1n) is 10.4. The van der Waals surface area contributed by atoms with Crippen LogP contribution >= 0.6 is 11.6 Å². The van der Waals surface area contributed by atoms with E-state index in [1.54, 1.807) is 19.1 Å². The Morgan fingerprint density at radius 1 is 1.07 bits per heavy atom. The summed E-state index contributed by atoms with van der Waals surface area (Å²) >= 11 is 5.81. The van der Waals surface area contributed by atoms with Gasteiger partial charge in [0.05, 0.1) is 4.90 Å². The maximum absolute atomic E-state index is 12.5. The molecule has 1 fully saturated rings. The van der Waals surface area contributed by atoms with Gasteiger partial charge in [-0.05, 0) is 68.7 Å². The SMILES string of the molecule is CC(C)CNC(=O)C(C)NC(=O)C1CCC(CNS(=O)(=O)c2ccc(Cl)cc2)CC1. The average molecular weight is 458 g/mol. The number of amides is 2. The van der Waals surface area contributed by atoms with Crippen LogP contribution in [0.15, 0.2) is 29.2 Å². The minimum atomic E-state index is -3.58. The molecular formula is C21H32ClN3O4S. The van der Waals surface area contributed by atoms with E-state index in [-0.39, 0.29) is 28.5 Å². The lowest BCUT2D eigenvalue weighted by molar-refractivity contribution is -0.131. The van der Waals surface area contributed by atoms with Gasteiger partial charge in [-0.1, -0.05) is 25.4 Å². The number of carbonyl (C=O) groups excluding carboxylic acids is 2. The van der Waals surface area contributed by atoms with Gasteiger partial charge in [-0.2, -0.15) is 0 Å². The molecule has 0 aliphatic heterocycles. The van der Waals surface area contributed by atoms with Crippen molar-refractivity contribution in [2.45, 2.75) is 57.4 Å². The second kappa shape index (κ2) is 11.1. The Kier molecular flexibility index (Phi) is 9.12. The number of hydrogen-bond acceptors (Lipinski definition) is 4. The number of sulfonamides is 1. The van der Waals surface area contributed by atoms with Crippen molar-refractivity contribution in [1.29, 1.82) is 0 Å². The molecule has 1 aromatic rings. The summed E-state index contributed by atoms with van der Waals surface area (Å²) in [6.45, 7) is 6.63. The molecule has 1 aliphatic rings. The van der Waals surface area contributed by atoms with Crippen molar-refractivity contribution in [1.82, 2.24) is 15.4 Å². The summed E-state index contributed by atoms with van der Waals surface area (Å²) in [6, 6.07) is 5.48. The lowest BCUT2D eigenvalue weighted by Crippen LogP contribution is -2.48. The summed E-state index contributed by atoms with van der Waals surface area (Å²) in [4.78, 5) is 24.7. The van der Waals surface area contributed by atoms with Gasteiger partial charge in [0.2, 0.25) is 21.8 Å². The maximum atomic E-state index is 12.5. The third kappa shape index (κ3) is 7.56. The van der Waals surface area contributed by atoms with Gasteiger partial charge >= 0.3 is 0 Å². The summed E-state index contributed by atoms with van der Waals surface area (Å²) < 4.78 is 27.4. The lowest BCUT2D eigenvalue weighted by Gasteiger charge is -2.28. The van der Waals surface area contributed by atoms with Crippen LogP contribution in [-0.2, 0) is 19.6 Å². The highest BCUT2D eigenvalue weighted by Gasteiger charge is 2.29. The van der Waals surface area contributed by atoms with Crippen LogP contribution in [0.2, 0.25) is 5.02 Å². The minimum Gasteiger partial charge on any atom is -0.354 e. The predicted molar refractivity (Wildman–Crippen MR) is 118 cm³/mol. The second-order valence-corrected chi connectivity index (χ2v) is 10.6. The van der Waals surface area contributed by atoms with E-state index in [0.29, 0.717) is 36.9 Å². The van der Waals surface area contributed by atoms with Gasteiger partial charge < -0.3 is 10.6 Å². The molecule has 30 heavy (non-hydrogen) atoms. The van der Waals surface area contributed by atoms with Crippen LogP contribution in [0.3, 0.4) is 0 Å². The van der Waals surface area contributed by atoms with Crippen LogP contribution in [0.1, 0.15) is 46.5 Å². The topological polar surface area (TPSA) is 104 Å². The van der Waals surface area contributed by atoms with Crippen molar-refractivity contribution in [3.63, 3.8) is 0 Å². The number of nitrogens with one attached hydrogen (secondary N) is 3. The van der Waals surface area contributed by atoms with Crippen LogP contribution in [0.4, 0.5) is 0 Å². The quantitative estimate of drug-likeness (QED) is 0.530. The number of rotatable bonds is 9. The highest BCUT2D eigenvalue weighted by molar-refractivity contribution is 7.89. The molecule has 1 atom stereocenters. The standard InChI is InChI=1S/C21H32ClN3O4S/c1-14(2)12-23-20(26)15(3)25-21(27)17-6-4-16(5-7-17)13-24-30(28,29)19-10-8-18(22)9-11-19/h8-11,14-17,24H,4-7,12-13H2,1-3H3,(H,23,26)(H,25,27). The van der Waals surface area contributed by atoms with Crippen molar-refractivity contribution in [2.75, 3.05) is 13.1 Å². The van der Waals surface area contributed by atoms with E-state index in [0.717, 1.165) is 12.8 Å². The molecule has 1 saturated carbocycles. The monoisotopic (exact) mass is 457 g/mol. The highest BCUT2D eigenvalue weighted by Crippen LogP contribution is 2.29. The molecule has 9 heteroatoms. The highest BCUT2D eigenvalue weighted by atomic mass is 35.5. The Hall–Kier alpha value is -1.64. The third-order valence-corrected chi connectivity index (χ3v) is 7.03. The predicted octanol–water partition coefficient (Wildman–Crippen LogP) is 2.70. The first-order chi connectivity index (χ1) is 14.1. The molecule has 0 spiro atoms. The van der Waals surface area contributed by atoms with Gasteiger partial charge in [0.15, 0.2) is 0 Å². The molecule has 0 bridgehead atoms. The Morgan fingerprint density at radius 2 is 1.67 bits per heavy atom. The molecule has 168 valence electrons. The van der Waals surface area contributed by atoms with E-state index in [4.69, 9.17) is 11.6 Å². The zero-order valence-corrected chi connectivity index (χ0v) is 19.4. The summed E-state index contributed by atoms with van der Waals surface area (Å²) in [5, 5.41) is 6.10. The minimum absolute atomic E-state index is 0.109. The van der Waals surface area contributed by atoms with Crippen LogP contribution in [0.25, 0.3) is 0 Å². The summed E-state index contributed by atoms with van der Waals surface area (Å²) in [6.07, 6.45) is 2.88. The number of hydrogen-bond donors (Lipinski definition) is 3. The smallest absolute Gasteiger partial charge is 0.242 e. The molecule has 7 nitrogen and oxygen atoms in total. The molecule has 0 radical (unpaired) electrons. The fourth-order valence-electron chi connectivity index (χ4n) is 3.41. The van der Waals surface area contributed by atoms with Gasteiger partial charge in [0.25, 0.3) is 0 Å². The van der Waals surface area contributed by atoms with E-state index < -0.39 is 16.1 Å². The Labute approximate surface area is 184 Å². The molecule has 3 N–H and O–H groups in total. The largest absolute Gasteiger partial charge is 0.354 e. The van der Waals surface area contributed by atoms with Crippen LogP contribution in [0, 0.1) is 17.8 Å². The second-order valence-electron chi connectivity index (χ2n) is 8.39. The van der Waals surface area contributed by atoms with Crippen molar-refractivity contribution in [2.24, 2.45) is 17.8 Å². The average Bonchev–Trinajstić information content (AvgIpc) is 2.71. The Balaban J connectivity index is 1.75. The van der Waals surface area contributed by atoms with Crippen LogP contribution in [-0.4, -0.2) is 39.4 Å². The molecule has 2 amide bonds. The number of benzene rings is 1. The van der Waals surface area contributed by atoms with Crippen LogP contribution < -0.4 is 15.4 Å². The van der Waals surface area contributed by atoms with E-state index >= 15 is 0 Å². The summed E-state index contributed by atoms with van der Waals surface area (Å²) in [5.41, 5.74) is 0. The maximum Gasteiger partial charge on any atom is 0.242 e. The van der Waals surface area contributed by atoms with E-state index in [2.05, 4.69) is 15.4 Å². The molecular weight excluding hydrogens is 426 g/mol. The molecule has 0 aromatic heterocycles. The summed E-state index contributed by atoms with van der Waals surface area (Å²) in [5.74, 6) is 0.103. The molecule has 1 unspecified atom stereocenters. The summed E-state index contributed by atoms with van der Waals surface area (Å²) in [7, 11) is -3.58. The first kappa shape index (κ1) is 24.6. The molecule has 2 rings (SSSR count). The Morgan fingerprint density at radius 3 is 2.23 bits per heavy atom. The van der Waals surface area contributed by atoms with Crippen molar-refractivity contribution in [3.8, 4) is 0 Å². The van der Waals surface area contributed by atoms with Gasteiger partial charge in [0.1, 0.15) is 6.04 Å². The Bertz CT molecular complexity index is 819. The van der Waals surface area contributed by atoms with Gasteiger partial charge in [-0.25, -0.2) is 13.1 Å². The van der Waals surface area contributed by atoms with Crippen LogP contribution in [0.5, 0.6) is 0 Å². The van der Waals surface area contributed by atoms with Crippen molar-refractivity contribution < 1.29 is 18.0 Å². The van der Waals surface area contributed by atoms with E-state index in [1.165, 1.54) is 12.1 Å². The van der Waals surface area contributed by atoms with Crippen molar-refractivity contribution >= 4 is 33.4 Å². The van der Waals surface area contributed by atoms with E-state index in [1.807, 2.05) is 13.8 Å². The zero-order valence-electron chi connectivity index (χ0n) is 17.8. The lowest BCUT2D eigenvalue weighted by atomic mass is 9.81. The first-order valence-corrected chi connectivity index (χ1v) is 12.3.